The molecular formula is C24H19Cl2FN2OS. The van der Waals surface area contributed by atoms with E-state index >= 15 is 0 Å². The summed E-state index contributed by atoms with van der Waals surface area (Å²) in [6, 6.07) is 19.7. The fourth-order valence-electron chi connectivity index (χ4n) is 3.34. The second-order valence-corrected chi connectivity index (χ2v) is 8.82. The SMILES string of the molecule is O=C(NCCn1cc(SCc2ccccc2F)c2ccccc21)c1ccc(Cl)cc1Cl. The van der Waals surface area contributed by atoms with Gasteiger partial charge in [-0.1, -0.05) is 59.6 Å². The lowest BCUT2D eigenvalue weighted by molar-refractivity contribution is 0.0952. The van der Waals surface area contributed by atoms with E-state index in [9.17, 15) is 9.18 Å². The van der Waals surface area contributed by atoms with Gasteiger partial charge >= 0.3 is 0 Å². The van der Waals surface area contributed by atoms with Crippen molar-refractivity contribution >= 4 is 51.8 Å². The normalized spacial score (nSPS) is 11.1. The summed E-state index contributed by atoms with van der Waals surface area (Å²) in [6.45, 7) is 1.03. The van der Waals surface area contributed by atoms with Crippen molar-refractivity contribution in [3.8, 4) is 0 Å². The van der Waals surface area contributed by atoms with Crippen molar-refractivity contribution in [1.29, 1.82) is 0 Å². The Balaban J connectivity index is 1.45. The molecular weight excluding hydrogens is 454 g/mol. The first kappa shape index (κ1) is 21.8. The Hall–Kier alpha value is -2.47. The van der Waals surface area contributed by atoms with Gasteiger partial charge in [0.05, 0.1) is 10.6 Å². The van der Waals surface area contributed by atoms with E-state index in [-0.39, 0.29) is 11.7 Å². The minimum Gasteiger partial charge on any atom is -0.350 e. The van der Waals surface area contributed by atoms with Crippen LogP contribution in [0, 0.1) is 5.82 Å². The number of benzene rings is 3. The minimum atomic E-state index is -0.243. The highest BCUT2D eigenvalue weighted by atomic mass is 35.5. The van der Waals surface area contributed by atoms with Crippen molar-refractivity contribution < 1.29 is 9.18 Å². The molecule has 3 nitrogen and oxygen atoms in total. The zero-order valence-corrected chi connectivity index (χ0v) is 18.8. The van der Waals surface area contributed by atoms with Crippen LogP contribution in [0.15, 0.2) is 77.8 Å². The van der Waals surface area contributed by atoms with Crippen molar-refractivity contribution in [2.45, 2.75) is 17.2 Å². The van der Waals surface area contributed by atoms with Crippen LogP contribution in [0.2, 0.25) is 10.0 Å². The van der Waals surface area contributed by atoms with Gasteiger partial charge in [-0.15, -0.1) is 11.8 Å². The van der Waals surface area contributed by atoms with E-state index < -0.39 is 0 Å². The molecule has 0 aliphatic heterocycles. The van der Waals surface area contributed by atoms with Crippen molar-refractivity contribution in [1.82, 2.24) is 9.88 Å². The molecule has 31 heavy (non-hydrogen) atoms. The third-order valence-electron chi connectivity index (χ3n) is 4.91. The molecule has 0 aliphatic carbocycles. The summed E-state index contributed by atoms with van der Waals surface area (Å²) in [6.07, 6.45) is 2.05. The Kier molecular flexibility index (Phi) is 6.86. The van der Waals surface area contributed by atoms with Crippen LogP contribution in [0.1, 0.15) is 15.9 Å². The van der Waals surface area contributed by atoms with Gasteiger partial charge in [0.2, 0.25) is 0 Å². The predicted molar refractivity (Wildman–Crippen MR) is 127 cm³/mol. The van der Waals surface area contributed by atoms with Crippen LogP contribution >= 0.6 is 35.0 Å². The lowest BCUT2D eigenvalue weighted by atomic mass is 10.2. The van der Waals surface area contributed by atoms with Gasteiger partial charge in [-0.3, -0.25) is 4.79 Å². The fourth-order valence-corrected chi connectivity index (χ4v) is 4.91. The maximum atomic E-state index is 14.0. The molecule has 158 valence electrons. The van der Waals surface area contributed by atoms with E-state index in [2.05, 4.69) is 22.1 Å². The minimum absolute atomic E-state index is 0.192. The van der Waals surface area contributed by atoms with E-state index in [0.717, 1.165) is 15.8 Å². The number of fused-ring (bicyclic) bond motifs is 1. The van der Waals surface area contributed by atoms with E-state index in [1.165, 1.54) is 6.07 Å². The molecule has 0 radical (unpaired) electrons. The quantitative estimate of drug-likeness (QED) is 0.299. The molecule has 0 spiro atoms. The Morgan fingerprint density at radius 3 is 2.61 bits per heavy atom. The Morgan fingerprint density at radius 2 is 1.81 bits per heavy atom. The van der Waals surface area contributed by atoms with Gasteiger partial charge in [0, 0.05) is 45.9 Å². The van der Waals surface area contributed by atoms with Crippen LogP contribution in [-0.2, 0) is 12.3 Å². The number of carbonyl (C=O) groups excluding carboxylic acids is 1. The maximum absolute atomic E-state index is 14.0. The molecule has 1 amide bonds. The predicted octanol–water partition coefficient (Wildman–Crippen LogP) is 6.81. The topological polar surface area (TPSA) is 34.0 Å². The number of thioether (sulfide) groups is 1. The molecule has 0 unspecified atom stereocenters. The molecule has 4 aromatic rings. The van der Waals surface area contributed by atoms with Crippen molar-refractivity contribution in [2.75, 3.05) is 6.54 Å². The standard InChI is InChI=1S/C24H19Cl2FN2OS/c25-17-9-10-18(20(26)13-17)24(30)28-11-12-29-14-23(19-6-2-4-8-22(19)29)31-15-16-5-1-3-7-21(16)27/h1-10,13-14H,11-12,15H2,(H,28,30). The first-order valence-corrected chi connectivity index (χ1v) is 11.4. The molecule has 0 bridgehead atoms. The molecule has 1 aromatic heterocycles. The number of amides is 1. The van der Waals surface area contributed by atoms with Gasteiger partial charge in [0.25, 0.3) is 5.91 Å². The van der Waals surface area contributed by atoms with Gasteiger partial charge in [0.15, 0.2) is 0 Å². The molecule has 4 rings (SSSR count). The van der Waals surface area contributed by atoms with Crippen molar-refractivity contribution in [3.63, 3.8) is 0 Å². The van der Waals surface area contributed by atoms with Crippen molar-refractivity contribution in [2.24, 2.45) is 0 Å². The monoisotopic (exact) mass is 472 g/mol. The highest BCUT2D eigenvalue weighted by Gasteiger charge is 2.12. The number of carbonyl (C=O) groups is 1. The summed E-state index contributed by atoms with van der Waals surface area (Å²) in [5.74, 6) is 0.113. The number of para-hydroxylation sites is 1. The lowest BCUT2D eigenvalue weighted by Gasteiger charge is -2.09. The average Bonchev–Trinajstić information content (AvgIpc) is 3.11. The highest BCUT2D eigenvalue weighted by molar-refractivity contribution is 7.98. The molecule has 0 saturated heterocycles. The van der Waals surface area contributed by atoms with Gasteiger partial charge < -0.3 is 9.88 Å². The molecule has 3 aromatic carbocycles. The van der Waals surface area contributed by atoms with E-state index in [4.69, 9.17) is 23.2 Å². The molecule has 0 aliphatic rings. The molecule has 1 N–H and O–H groups in total. The molecule has 7 heteroatoms. The van der Waals surface area contributed by atoms with Gasteiger partial charge in [-0.2, -0.15) is 0 Å². The van der Waals surface area contributed by atoms with E-state index in [0.29, 0.717) is 40.0 Å². The fraction of sp³-hybridized carbons (Fsp3) is 0.125. The first-order chi connectivity index (χ1) is 15.0. The highest BCUT2D eigenvalue weighted by Crippen LogP contribution is 2.32. The van der Waals surface area contributed by atoms with Crippen LogP contribution in [0.3, 0.4) is 0 Å². The summed E-state index contributed by atoms with van der Waals surface area (Å²) in [4.78, 5) is 13.5. The molecule has 0 fully saturated rings. The summed E-state index contributed by atoms with van der Waals surface area (Å²) in [5.41, 5.74) is 2.14. The third kappa shape index (κ3) is 5.06. The lowest BCUT2D eigenvalue weighted by Crippen LogP contribution is -2.27. The number of rotatable bonds is 7. The smallest absolute Gasteiger partial charge is 0.252 e. The number of hydrogen-bond donors (Lipinski definition) is 1. The second-order valence-electron chi connectivity index (χ2n) is 6.96. The van der Waals surface area contributed by atoms with E-state index in [1.807, 2.05) is 24.3 Å². The van der Waals surface area contributed by atoms with Gasteiger partial charge in [-0.05, 0) is 35.9 Å². The van der Waals surface area contributed by atoms with Gasteiger partial charge in [0.1, 0.15) is 5.82 Å². The first-order valence-electron chi connectivity index (χ1n) is 9.70. The van der Waals surface area contributed by atoms with E-state index in [1.54, 1.807) is 42.1 Å². The largest absolute Gasteiger partial charge is 0.350 e. The molecule has 0 atom stereocenters. The van der Waals surface area contributed by atoms with Gasteiger partial charge in [-0.25, -0.2) is 4.39 Å². The number of hydrogen-bond acceptors (Lipinski definition) is 2. The molecule has 1 heterocycles. The Labute approximate surface area is 194 Å². The number of nitrogens with zero attached hydrogens (tertiary/aromatic N) is 1. The number of aromatic nitrogens is 1. The third-order valence-corrected chi connectivity index (χ3v) is 6.55. The van der Waals surface area contributed by atoms with Crippen LogP contribution < -0.4 is 5.32 Å². The number of halogens is 3. The summed E-state index contributed by atoms with van der Waals surface area (Å²) in [5, 5.41) is 4.82. The Bertz CT molecular complexity index is 1240. The Morgan fingerprint density at radius 1 is 1.03 bits per heavy atom. The summed E-state index contributed by atoms with van der Waals surface area (Å²) < 4.78 is 16.1. The maximum Gasteiger partial charge on any atom is 0.252 e. The van der Waals surface area contributed by atoms with Crippen molar-refractivity contribution in [3.05, 3.63) is 99.9 Å². The zero-order valence-electron chi connectivity index (χ0n) is 16.4. The summed E-state index contributed by atoms with van der Waals surface area (Å²) in [7, 11) is 0. The van der Waals surface area contributed by atoms with Crippen LogP contribution in [-0.4, -0.2) is 17.0 Å². The summed E-state index contributed by atoms with van der Waals surface area (Å²) >= 11 is 13.6. The molecule has 0 saturated carbocycles. The average molecular weight is 473 g/mol. The second kappa shape index (κ2) is 9.77. The van der Waals surface area contributed by atoms with Crippen LogP contribution in [0.25, 0.3) is 10.9 Å². The zero-order chi connectivity index (χ0) is 21.8. The van der Waals surface area contributed by atoms with Crippen LogP contribution in [0.4, 0.5) is 4.39 Å². The number of nitrogens with one attached hydrogen (secondary N) is 1. The van der Waals surface area contributed by atoms with Crippen LogP contribution in [0.5, 0.6) is 0 Å².